The van der Waals surface area contributed by atoms with Gasteiger partial charge in [-0.1, -0.05) is 11.3 Å². The fraction of sp³-hybridized carbons (Fsp3) is 0.273. The van der Waals surface area contributed by atoms with Gasteiger partial charge in [-0.2, -0.15) is 0 Å². The number of methoxy groups -OCH3 is 1. The van der Waals surface area contributed by atoms with Crippen LogP contribution in [0, 0.1) is 0 Å². The zero-order valence-electron chi connectivity index (χ0n) is 9.29. The Morgan fingerprint density at radius 2 is 2.25 bits per heavy atom. The molecule has 84 valence electrons. The second kappa shape index (κ2) is 4.32. The highest BCUT2D eigenvalue weighted by Gasteiger charge is 2.10. The molecule has 0 radical (unpaired) electrons. The normalized spacial score (nSPS) is 12.4. The molecular formula is C11H14N4O. The number of aromatic nitrogens is 3. The molecule has 0 amide bonds. The van der Waals surface area contributed by atoms with Gasteiger partial charge in [0.25, 0.3) is 0 Å². The minimum Gasteiger partial charge on any atom is -0.497 e. The van der Waals surface area contributed by atoms with Crippen LogP contribution in [-0.4, -0.2) is 22.1 Å². The Morgan fingerprint density at radius 1 is 1.44 bits per heavy atom. The molecule has 0 aliphatic heterocycles. The molecule has 1 aromatic heterocycles. The van der Waals surface area contributed by atoms with Gasteiger partial charge in [0.05, 0.1) is 24.7 Å². The average Bonchev–Trinajstić information content (AvgIpc) is 2.78. The van der Waals surface area contributed by atoms with Crippen molar-refractivity contribution in [2.75, 3.05) is 7.11 Å². The van der Waals surface area contributed by atoms with E-state index in [-0.39, 0.29) is 6.04 Å². The van der Waals surface area contributed by atoms with E-state index in [1.54, 1.807) is 18.0 Å². The largest absolute Gasteiger partial charge is 0.497 e. The summed E-state index contributed by atoms with van der Waals surface area (Å²) in [5, 5.41) is 7.88. The maximum absolute atomic E-state index is 5.83. The summed E-state index contributed by atoms with van der Waals surface area (Å²) in [6, 6.07) is 7.50. The lowest BCUT2D eigenvalue weighted by molar-refractivity contribution is 0.414. The van der Waals surface area contributed by atoms with Crippen molar-refractivity contribution < 1.29 is 4.74 Å². The number of nitrogens with two attached hydrogens (primary N) is 1. The van der Waals surface area contributed by atoms with Crippen molar-refractivity contribution in [1.82, 2.24) is 15.0 Å². The highest BCUT2D eigenvalue weighted by atomic mass is 16.5. The summed E-state index contributed by atoms with van der Waals surface area (Å²) in [5.41, 5.74) is 7.60. The van der Waals surface area contributed by atoms with Crippen molar-refractivity contribution in [3.8, 4) is 11.4 Å². The van der Waals surface area contributed by atoms with Gasteiger partial charge < -0.3 is 10.5 Å². The molecule has 0 bridgehead atoms. The van der Waals surface area contributed by atoms with Gasteiger partial charge in [0.15, 0.2) is 0 Å². The summed E-state index contributed by atoms with van der Waals surface area (Å²) >= 11 is 0. The zero-order valence-corrected chi connectivity index (χ0v) is 9.29. The van der Waals surface area contributed by atoms with Gasteiger partial charge in [-0.25, -0.2) is 4.68 Å². The maximum atomic E-state index is 5.83. The molecule has 1 unspecified atom stereocenters. The number of hydrogen-bond donors (Lipinski definition) is 1. The van der Waals surface area contributed by atoms with Crippen molar-refractivity contribution in [2.24, 2.45) is 5.73 Å². The molecule has 1 aromatic carbocycles. The van der Waals surface area contributed by atoms with Crippen LogP contribution in [0.1, 0.15) is 18.7 Å². The van der Waals surface area contributed by atoms with E-state index in [9.17, 15) is 0 Å². The molecule has 0 saturated heterocycles. The Hall–Kier alpha value is -1.88. The fourth-order valence-electron chi connectivity index (χ4n) is 1.50. The van der Waals surface area contributed by atoms with Crippen LogP contribution in [0.2, 0.25) is 0 Å². The number of benzene rings is 1. The Kier molecular flexibility index (Phi) is 2.87. The third-order valence-corrected chi connectivity index (χ3v) is 2.34. The lowest BCUT2D eigenvalue weighted by Crippen LogP contribution is -2.12. The Balaban J connectivity index is 2.46. The lowest BCUT2D eigenvalue weighted by atomic mass is 10.2. The highest BCUT2D eigenvalue weighted by molar-refractivity contribution is 5.39. The Labute approximate surface area is 93.8 Å². The first kappa shape index (κ1) is 10.6. The van der Waals surface area contributed by atoms with Crippen LogP contribution in [0.15, 0.2) is 30.5 Å². The van der Waals surface area contributed by atoms with Crippen LogP contribution in [0.4, 0.5) is 0 Å². The van der Waals surface area contributed by atoms with E-state index >= 15 is 0 Å². The van der Waals surface area contributed by atoms with E-state index in [2.05, 4.69) is 10.3 Å². The van der Waals surface area contributed by atoms with Gasteiger partial charge in [0, 0.05) is 12.1 Å². The molecule has 1 atom stereocenters. The average molecular weight is 218 g/mol. The van der Waals surface area contributed by atoms with Gasteiger partial charge in [-0.05, 0) is 19.1 Å². The van der Waals surface area contributed by atoms with Crippen molar-refractivity contribution in [3.05, 3.63) is 36.2 Å². The predicted molar refractivity (Wildman–Crippen MR) is 60.5 cm³/mol. The minimum absolute atomic E-state index is 0.110. The van der Waals surface area contributed by atoms with Gasteiger partial charge in [0.1, 0.15) is 5.75 Å². The van der Waals surface area contributed by atoms with E-state index in [4.69, 9.17) is 10.5 Å². The molecule has 0 aliphatic carbocycles. The van der Waals surface area contributed by atoms with Crippen molar-refractivity contribution in [1.29, 1.82) is 0 Å². The van der Waals surface area contributed by atoms with Gasteiger partial charge in [-0.15, -0.1) is 5.10 Å². The third-order valence-electron chi connectivity index (χ3n) is 2.34. The maximum Gasteiger partial charge on any atom is 0.121 e. The Morgan fingerprint density at radius 3 is 2.94 bits per heavy atom. The van der Waals surface area contributed by atoms with Gasteiger partial charge >= 0.3 is 0 Å². The van der Waals surface area contributed by atoms with Crippen molar-refractivity contribution >= 4 is 0 Å². The fourth-order valence-corrected chi connectivity index (χ4v) is 1.50. The SMILES string of the molecule is COc1cccc(-n2nncc2C(C)N)c1. The number of rotatable bonds is 3. The van der Waals surface area contributed by atoms with Gasteiger partial charge in [-0.3, -0.25) is 0 Å². The topological polar surface area (TPSA) is 66.0 Å². The van der Waals surface area contributed by atoms with Crippen LogP contribution >= 0.6 is 0 Å². The van der Waals surface area contributed by atoms with E-state index in [0.717, 1.165) is 17.1 Å². The van der Waals surface area contributed by atoms with Crippen molar-refractivity contribution in [2.45, 2.75) is 13.0 Å². The first-order valence-corrected chi connectivity index (χ1v) is 5.03. The third kappa shape index (κ3) is 1.90. The van der Waals surface area contributed by atoms with E-state index in [1.807, 2.05) is 31.2 Å². The van der Waals surface area contributed by atoms with Crippen molar-refractivity contribution in [3.63, 3.8) is 0 Å². The molecule has 0 saturated carbocycles. The zero-order chi connectivity index (χ0) is 11.5. The molecule has 1 heterocycles. The van der Waals surface area contributed by atoms with Crippen LogP contribution in [0.25, 0.3) is 5.69 Å². The second-order valence-electron chi connectivity index (χ2n) is 3.56. The summed E-state index contributed by atoms with van der Waals surface area (Å²) in [5.74, 6) is 0.781. The molecule has 5 heteroatoms. The molecule has 5 nitrogen and oxygen atoms in total. The molecule has 16 heavy (non-hydrogen) atoms. The lowest BCUT2D eigenvalue weighted by Gasteiger charge is -2.09. The van der Waals surface area contributed by atoms with Gasteiger partial charge in [0.2, 0.25) is 0 Å². The minimum atomic E-state index is -0.110. The van der Waals surface area contributed by atoms with E-state index < -0.39 is 0 Å². The molecule has 0 aliphatic rings. The standard InChI is InChI=1S/C11H14N4O/c1-8(12)11-7-13-14-15(11)9-4-3-5-10(6-9)16-2/h3-8H,12H2,1-2H3. The molecule has 0 spiro atoms. The van der Waals surface area contributed by atoms with E-state index in [1.165, 1.54) is 0 Å². The summed E-state index contributed by atoms with van der Waals surface area (Å²) in [7, 11) is 1.63. The summed E-state index contributed by atoms with van der Waals surface area (Å²) in [4.78, 5) is 0. The van der Waals surface area contributed by atoms with E-state index in [0.29, 0.717) is 0 Å². The van der Waals surface area contributed by atoms with Crippen LogP contribution in [-0.2, 0) is 0 Å². The molecule has 2 rings (SSSR count). The first-order chi connectivity index (χ1) is 7.72. The quantitative estimate of drug-likeness (QED) is 0.843. The van der Waals surface area contributed by atoms with Crippen LogP contribution in [0.3, 0.4) is 0 Å². The highest BCUT2D eigenvalue weighted by Crippen LogP contribution is 2.18. The summed E-state index contributed by atoms with van der Waals surface area (Å²) < 4.78 is 6.88. The summed E-state index contributed by atoms with van der Waals surface area (Å²) in [6.07, 6.45) is 1.67. The molecule has 2 N–H and O–H groups in total. The molecular weight excluding hydrogens is 204 g/mol. The number of nitrogens with zero attached hydrogens (tertiary/aromatic N) is 3. The number of ether oxygens (including phenoxy) is 1. The monoisotopic (exact) mass is 218 g/mol. The smallest absolute Gasteiger partial charge is 0.121 e. The number of hydrogen-bond acceptors (Lipinski definition) is 4. The predicted octanol–water partition coefficient (Wildman–Crippen LogP) is 1.30. The van der Waals surface area contributed by atoms with Crippen LogP contribution < -0.4 is 10.5 Å². The van der Waals surface area contributed by atoms with Crippen LogP contribution in [0.5, 0.6) is 5.75 Å². The Bertz CT molecular complexity index is 478. The molecule has 0 fully saturated rings. The second-order valence-corrected chi connectivity index (χ2v) is 3.56. The summed E-state index contributed by atoms with van der Waals surface area (Å²) in [6.45, 7) is 1.90. The first-order valence-electron chi connectivity index (χ1n) is 5.03. The molecule has 2 aromatic rings.